The molecule has 1 N–H and O–H groups in total. The lowest BCUT2D eigenvalue weighted by Crippen LogP contribution is -2.38. The number of allylic oxidation sites excluding steroid dienone is 2. The molecule has 126 valence electrons. The van der Waals surface area contributed by atoms with Gasteiger partial charge in [0, 0.05) is 6.42 Å². The molecule has 0 aliphatic heterocycles. The molecule has 8 heteroatoms. The summed E-state index contributed by atoms with van der Waals surface area (Å²) >= 11 is 0. The molecular formula is C14H19F3O4S. The van der Waals surface area contributed by atoms with Crippen LogP contribution in [0.2, 0.25) is 0 Å². The Morgan fingerprint density at radius 2 is 2.05 bits per heavy atom. The molecular weight excluding hydrogens is 321 g/mol. The average Bonchev–Trinajstić information content (AvgIpc) is 2.37. The van der Waals surface area contributed by atoms with E-state index in [0.717, 1.165) is 12.0 Å². The minimum atomic E-state index is -5.70. The van der Waals surface area contributed by atoms with Crippen molar-refractivity contribution in [2.24, 2.45) is 11.3 Å². The van der Waals surface area contributed by atoms with Crippen molar-refractivity contribution in [2.75, 3.05) is 6.61 Å². The van der Waals surface area contributed by atoms with E-state index in [1.807, 2.05) is 6.92 Å². The largest absolute Gasteiger partial charge is 0.534 e. The van der Waals surface area contributed by atoms with Crippen LogP contribution in [0.1, 0.15) is 39.0 Å². The fourth-order valence-corrected chi connectivity index (χ4v) is 4.11. The van der Waals surface area contributed by atoms with Gasteiger partial charge in [0.25, 0.3) is 0 Å². The maximum atomic E-state index is 12.5. The predicted octanol–water partition coefficient (Wildman–Crippen LogP) is 3.26. The van der Waals surface area contributed by atoms with Crippen LogP contribution < -0.4 is 0 Å². The molecule has 0 radical (unpaired) electrons. The number of hydrogen-bond acceptors (Lipinski definition) is 4. The molecule has 0 aromatic carbocycles. The summed E-state index contributed by atoms with van der Waals surface area (Å²) in [5, 5.41) is 9.54. The lowest BCUT2D eigenvalue weighted by Gasteiger charge is -2.47. The van der Waals surface area contributed by atoms with Crippen molar-refractivity contribution in [3.8, 4) is 0 Å². The molecule has 1 fully saturated rings. The van der Waals surface area contributed by atoms with Gasteiger partial charge in [0.2, 0.25) is 0 Å². The summed E-state index contributed by atoms with van der Waals surface area (Å²) in [6, 6.07) is 0. The zero-order valence-corrected chi connectivity index (χ0v) is 13.1. The molecule has 0 saturated heterocycles. The molecule has 2 aliphatic rings. The SMILES string of the molecule is C=C1CC[C@@H]2C(CO)=C(OS(=O)(=O)C(F)(F)F)CC[C@@]2(C)C1. The van der Waals surface area contributed by atoms with Crippen molar-refractivity contribution in [2.45, 2.75) is 44.5 Å². The third kappa shape index (κ3) is 3.03. The summed E-state index contributed by atoms with van der Waals surface area (Å²) in [6.07, 6.45) is 2.63. The van der Waals surface area contributed by atoms with Gasteiger partial charge in [-0.15, -0.1) is 0 Å². The van der Waals surface area contributed by atoms with Crippen LogP contribution in [-0.2, 0) is 14.3 Å². The number of fused-ring (bicyclic) bond motifs is 1. The van der Waals surface area contributed by atoms with Gasteiger partial charge in [-0.25, -0.2) is 0 Å². The Bertz CT molecular complexity index is 606. The van der Waals surface area contributed by atoms with Crippen molar-refractivity contribution in [1.29, 1.82) is 0 Å². The lowest BCUT2D eigenvalue weighted by atomic mass is 9.59. The number of alkyl halides is 3. The minimum absolute atomic E-state index is 0.0610. The monoisotopic (exact) mass is 340 g/mol. The molecule has 4 nitrogen and oxygen atoms in total. The van der Waals surface area contributed by atoms with Gasteiger partial charge in [-0.3, -0.25) is 0 Å². The molecule has 0 aromatic rings. The van der Waals surface area contributed by atoms with Crippen molar-refractivity contribution in [3.05, 3.63) is 23.5 Å². The first-order valence-electron chi connectivity index (χ1n) is 7.00. The van der Waals surface area contributed by atoms with Crippen LogP contribution in [0.15, 0.2) is 23.5 Å². The van der Waals surface area contributed by atoms with Gasteiger partial charge in [-0.2, -0.15) is 21.6 Å². The standard InChI is InChI=1S/C14H19F3O4S/c1-9-3-4-11-10(8-18)12(5-6-13(11,2)7-9)21-22(19,20)14(15,16)17/h11,18H,1,3-8H2,2H3/t11-,13+/m1/s1. The number of hydrogen-bond donors (Lipinski definition) is 1. The Balaban J connectivity index is 2.36. The van der Waals surface area contributed by atoms with Crippen LogP contribution in [0.25, 0.3) is 0 Å². The first-order chi connectivity index (χ1) is 10.00. The van der Waals surface area contributed by atoms with Crippen LogP contribution in [0.3, 0.4) is 0 Å². The van der Waals surface area contributed by atoms with E-state index in [9.17, 15) is 26.7 Å². The van der Waals surface area contributed by atoms with E-state index in [-0.39, 0.29) is 29.1 Å². The minimum Gasteiger partial charge on any atom is -0.392 e. The van der Waals surface area contributed by atoms with E-state index >= 15 is 0 Å². The first-order valence-corrected chi connectivity index (χ1v) is 8.41. The first kappa shape index (κ1) is 17.3. The Hall–Kier alpha value is -1.02. The van der Waals surface area contributed by atoms with Gasteiger partial charge in [-0.1, -0.05) is 19.1 Å². The second-order valence-corrected chi connectivity index (χ2v) is 7.80. The molecule has 0 heterocycles. The van der Waals surface area contributed by atoms with Crippen molar-refractivity contribution >= 4 is 10.1 Å². The number of aliphatic hydroxyl groups is 1. The molecule has 0 amide bonds. The maximum Gasteiger partial charge on any atom is 0.534 e. The average molecular weight is 340 g/mol. The van der Waals surface area contributed by atoms with Crippen LogP contribution in [-0.4, -0.2) is 25.6 Å². The highest BCUT2D eigenvalue weighted by Gasteiger charge is 2.51. The molecule has 2 atom stereocenters. The molecule has 1 saturated carbocycles. The van der Waals surface area contributed by atoms with Gasteiger partial charge in [0.05, 0.1) is 6.61 Å². The highest BCUT2D eigenvalue weighted by Crippen LogP contribution is 2.53. The van der Waals surface area contributed by atoms with Gasteiger partial charge in [-0.05, 0) is 42.6 Å². The van der Waals surface area contributed by atoms with Crippen LogP contribution in [0.4, 0.5) is 13.2 Å². The molecule has 0 bridgehead atoms. The van der Waals surface area contributed by atoms with Gasteiger partial charge < -0.3 is 9.29 Å². The van der Waals surface area contributed by atoms with Gasteiger partial charge in [0.15, 0.2) is 0 Å². The molecule has 0 spiro atoms. The summed E-state index contributed by atoms with van der Waals surface area (Å²) in [7, 11) is -5.70. The number of aliphatic hydroxyl groups excluding tert-OH is 1. The zero-order valence-electron chi connectivity index (χ0n) is 12.2. The van der Waals surface area contributed by atoms with Crippen LogP contribution in [0.5, 0.6) is 0 Å². The van der Waals surface area contributed by atoms with Crippen LogP contribution in [0, 0.1) is 11.3 Å². The van der Waals surface area contributed by atoms with E-state index in [4.69, 9.17) is 0 Å². The quantitative estimate of drug-likeness (QED) is 0.487. The number of rotatable bonds is 3. The summed E-state index contributed by atoms with van der Waals surface area (Å²) in [4.78, 5) is 0. The summed E-state index contributed by atoms with van der Waals surface area (Å²) in [5.74, 6) is -0.440. The fraction of sp³-hybridized carbons (Fsp3) is 0.714. The van der Waals surface area contributed by atoms with E-state index in [1.165, 1.54) is 0 Å². The molecule has 0 aromatic heterocycles. The second kappa shape index (κ2) is 5.56. The molecule has 2 rings (SSSR count). The highest BCUT2D eigenvalue weighted by molar-refractivity contribution is 7.87. The molecule has 2 aliphatic carbocycles. The summed E-state index contributed by atoms with van der Waals surface area (Å²) in [5.41, 5.74) is -4.35. The van der Waals surface area contributed by atoms with Gasteiger partial charge in [0.1, 0.15) is 5.76 Å². The smallest absolute Gasteiger partial charge is 0.392 e. The van der Waals surface area contributed by atoms with Crippen molar-refractivity contribution in [3.63, 3.8) is 0 Å². The van der Waals surface area contributed by atoms with Crippen molar-refractivity contribution in [1.82, 2.24) is 0 Å². The zero-order chi connectivity index (χ0) is 16.8. The summed E-state index contributed by atoms with van der Waals surface area (Å²) in [6.45, 7) is 5.45. The molecule has 22 heavy (non-hydrogen) atoms. The maximum absolute atomic E-state index is 12.5. The molecule has 0 unspecified atom stereocenters. The topological polar surface area (TPSA) is 63.6 Å². The van der Waals surface area contributed by atoms with E-state index < -0.39 is 22.2 Å². The Kier molecular flexibility index (Phi) is 4.38. The van der Waals surface area contributed by atoms with E-state index in [2.05, 4.69) is 10.8 Å². The van der Waals surface area contributed by atoms with Gasteiger partial charge >= 0.3 is 15.6 Å². The Labute approximate surface area is 127 Å². The number of halogens is 3. The second-order valence-electron chi connectivity index (χ2n) is 6.26. The Morgan fingerprint density at radius 1 is 1.41 bits per heavy atom. The Morgan fingerprint density at radius 3 is 2.59 bits per heavy atom. The lowest BCUT2D eigenvalue weighted by molar-refractivity contribution is -0.0529. The van der Waals surface area contributed by atoms with E-state index in [0.29, 0.717) is 19.3 Å². The third-order valence-corrected chi connectivity index (χ3v) is 5.64. The summed E-state index contributed by atoms with van der Waals surface area (Å²) < 4.78 is 64.1. The predicted molar refractivity (Wildman–Crippen MR) is 74.0 cm³/mol. The van der Waals surface area contributed by atoms with E-state index in [1.54, 1.807) is 0 Å². The van der Waals surface area contributed by atoms with Crippen LogP contribution >= 0.6 is 0 Å². The highest BCUT2D eigenvalue weighted by atomic mass is 32.2. The van der Waals surface area contributed by atoms with Crippen molar-refractivity contribution < 1.29 is 30.9 Å². The third-order valence-electron chi connectivity index (χ3n) is 4.65. The normalized spacial score (nSPS) is 30.2. The fourth-order valence-electron chi connectivity index (χ4n) is 3.56.